The van der Waals surface area contributed by atoms with Crippen molar-refractivity contribution in [3.8, 4) is 11.5 Å². The van der Waals surface area contributed by atoms with Crippen molar-refractivity contribution < 1.29 is 28.6 Å². The Morgan fingerprint density at radius 1 is 0.635 bits per heavy atom. The van der Waals surface area contributed by atoms with E-state index in [9.17, 15) is 14.4 Å². The molecule has 2 saturated carbocycles. The number of piperazine rings is 2. The molecule has 16 nitrogen and oxygen atoms in total. The number of pyridine rings is 2. The van der Waals surface area contributed by atoms with E-state index in [2.05, 4.69) is 101 Å². The molecule has 2 saturated heterocycles. The summed E-state index contributed by atoms with van der Waals surface area (Å²) in [7, 11) is 0. The number of hydrogen-bond donors (Lipinski definition) is 3. The van der Waals surface area contributed by atoms with Gasteiger partial charge in [0.05, 0.1) is 34.3 Å². The highest BCUT2D eigenvalue weighted by Gasteiger charge is 2.65. The summed E-state index contributed by atoms with van der Waals surface area (Å²) < 4.78 is 18.1. The van der Waals surface area contributed by atoms with Gasteiger partial charge in [-0.15, -0.1) is 12.4 Å². The fraction of sp³-hybridized carbons (Fsp3) is 0.509. The van der Waals surface area contributed by atoms with Crippen LogP contribution in [0.15, 0.2) is 73.1 Å². The SMILES string of the molecule is Cl.[C-]#[N+]c1ccc(OC2C(C)(C)C(NC(=O)c3ccc(N4CCN(C(=O)OC(C)(C)C)CC4)nc3)C2(C)C)cc1Cl.[C-]#[N+]c1ccc(OC2C(C)(C)C(NC(=O)c3ccc(N4CCNCC4)nc3)C2(C)C)cc1Cl. The van der Waals surface area contributed by atoms with Crippen LogP contribution in [0.1, 0.15) is 96.9 Å². The van der Waals surface area contributed by atoms with Gasteiger partial charge in [-0.3, -0.25) is 9.59 Å². The molecule has 4 aliphatic rings. The van der Waals surface area contributed by atoms with Crippen LogP contribution in [0.3, 0.4) is 0 Å². The van der Waals surface area contributed by atoms with Crippen LogP contribution >= 0.6 is 35.6 Å². The largest absolute Gasteiger partial charge is 0.489 e. The standard InChI is InChI=1S/C30H38ClN5O4.C25H30ClN5O2.ClH/c1-28(2,3)40-27(38)36-15-13-35(14-16-36)23-12-9-19(18-33-23)24(37)34-25-29(4,5)26(30(25,6)7)39-20-10-11-22(32-8)21(31)17-20;1-24(2)22(25(3,4)23(24)33-17-7-8-19(27-5)18(26)14-17)30-21(32)16-6-9-20(29-15-16)31-12-10-28-11-13-31;/h9-12,17-18,25-26H,13-16H2,1-7H3,(H,34,37);6-9,14-15,22-23,28H,10-13H2,1-4H3,(H,30,32);1H. The molecule has 4 fully saturated rings. The number of nitrogens with one attached hydrogen (secondary N) is 3. The topological polar surface area (TPSA) is 159 Å². The van der Waals surface area contributed by atoms with E-state index in [1.807, 2.05) is 39.0 Å². The highest BCUT2D eigenvalue weighted by Crippen LogP contribution is 2.57. The van der Waals surface area contributed by atoms with Crippen molar-refractivity contribution >= 4 is 76.5 Å². The Labute approximate surface area is 452 Å². The molecule has 0 bridgehead atoms. The molecule has 2 aromatic carbocycles. The summed E-state index contributed by atoms with van der Waals surface area (Å²) >= 11 is 12.4. The Kier molecular flexibility index (Phi) is 17.4. The quantitative estimate of drug-likeness (QED) is 0.130. The Hall–Kier alpha value is -6.04. The maximum Gasteiger partial charge on any atom is 0.410 e. The Morgan fingerprint density at radius 2 is 1.03 bits per heavy atom. The predicted octanol–water partition coefficient (Wildman–Crippen LogP) is 10.7. The minimum absolute atomic E-state index is 0. The molecule has 74 heavy (non-hydrogen) atoms. The van der Waals surface area contributed by atoms with Crippen molar-refractivity contribution in [3.05, 3.63) is 117 Å². The normalized spacial score (nSPS) is 22.0. The fourth-order valence-corrected chi connectivity index (χ4v) is 11.8. The van der Waals surface area contributed by atoms with Crippen LogP contribution in [0.4, 0.5) is 27.8 Å². The van der Waals surface area contributed by atoms with E-state index in [0.29, 0.717) is 70.2 Å². The number of rotatable bonds is 10. The molecule has 396 valence electrons. The number of ether oxygens (including phenoxy) is 3. The first-order chi connectivity index (χ1) is 34.3. The fourth-order valence-electron chi connectivity index (χ4n) is 11.4. The molecule has 0 spiro atoms. The second-order valence-corrected chi connectivity index (χ2v) is 23.4. The summed E-state index contributed by atoms with van der Waals surface area (Å²) in [6.45, 7) is 42.6. The van der Waals surface area contributed by atoms with Crippen molar-refractivity contribution in [1.29, 1.82) is 0 Å². The molecule has 4 heterocycles. The predicted molar refractivity (Wildman–Crippen MR) is 293 cm³/mol. The van der Waals surface area contributed by atoms with Crippen molar-refractivity contribution in [2.45, 2.75) is 106 Å². The van der Waals surface area contributed by atoms with Crippen molar-refractivity contribution in [2.24, 2.45) is 21.7 Å². The minimum atomic E-state index is -0.524. The van der Waals surface area contributed by atoms with E-state index in [0.717, 1.165) is 37.8 Å². The van der Waals surface area contributed by atoms with Crippen LogP contribution < -0.4 is 35.2 Å². The third kappa shape index (κ3) is 12.2. The molecule has 2 aromatic heterocycles. The number of aromatic nitrogens is 2. The van der Waals surface area contributed by atoms with Gasteiger partial charge in [0.2, 0.25) is 11.4 Å². The third-order valence-corrected chi connectivity index (χ3v) is 15.1. The van der Waals surface area contributed by atoms with E-state index < -0.39 is 5.60 Å². The van der Waals surface area contributed by atoms with Gasteiger partial charge in [-0.2, -0.15) is 0 Å². The Bertz CT molecular complexity index is 2720. The van der Waals surface area contributed by atoms with Crippen LogP contribution in [-0.2, 0) is 4.74 Å². The van der Waals surface area contributed by atoms with Crippen molar-refractivity contribution in [3.63, 3.8) is 0 Å². The second kappa shape index (κ2) is 22.4. The lowest BCUT2D eigenvalue weighted by atomic mass is 9.49. The zero-order valence-corrected chi connectivity index (χ0v) is 46.5. The Morgan fingerprint density at radius 3 is 1.36 bits per heavy atom. The summed E-state index contributed by atoms with van der Waals surface area (Å²) in [4.78, 5) is 60.5. The molecule has 2 aliphatic heterocycles. The molecule has 0 radical (unpaired) electrons. The molecule has 3 amide bonds. The monoisotopic (exact) mass is 1070 g/mol. The smallest absolute Gasteiger partial charge is 0.410 e. The first kappa shape index (κ1) is 57.2. The first-order valence-corrected chi connectivity index (χ1v) is 25.4. The number of carbonyl (C=O) groups excluding carboxylic acids is 3. The molecular weight excluding hydrogens is 1000 g/mol. The van der Waals surface area contributed by atoms with Gasteiger partial charge < -0.3 is 44.9 Å². The lowest BCUT2D eigenvalue weighted by Gasteiger charge is -2.63. The first-order valence-electron chi connectivity index (χ1n) is 24.7. The number of carbonyl (C=O) groups is 3. The van der Waals surface area contributed by atoms with Crippen LogP contribution in [0, 0.1) is 34.8 Å². The molecule has 0 atom stereocenters. The summed E-state index contributed by atoms with van der Waals surface area (Å²) in [6.07, 6.45) is 2.63. The molecule has 3 N–H and O–H groups in total. The summed E-state index contributed by atoms with van der Waals surface area (Å²) in [5.41, 5.74) is -0.0380. The maximum atomic E-state index is 13.2. The van der Waals surface area contributed by atoms with Crippen LogP contribution in [0.2, 0.25) is 10.0 Å². The van der Waals surface area contributed by atoms with Crippen LogP contribution in [-0.4, -0.2) is 115 Å². The number of anilines is 2. The average molecular weight is 1070 g/mol. The summed E-state index contributed by atoms with van der Waals surface area (Å²) in [5, 5.41) is 10.5. The third-order valence-electron chi connectivity index (χ3n) is 14.5. The molecule has 4 aromatic rings. The number of halogens is 3. The van der Waals surface area contributed by atoms with Gasteiger partial charge in [-0.25, -0.2) is 24.5 Å². The van der Waals surface area contributed by atoms with E-state index in [1.54, 1.807) is 59.8 Å². The molecular formula is C55H69Cl3N10O6. The number of benzene rings is 2. The van der Waals surface area contributed by atoms with Gasteiger partial charge in [0.15, 0.2) is 0 Å². The van der Waals surface area contributed by atoms with Crippen LogP contribution in [0.25, 0.3) is 9.69 Å². The summed E-state index contributed by atoms with van der Waals surface area (Å²) in [6, 6.07) is 17.3. The van der Waals surface area contributed by atoms with E-state index in [4.69, 9.17) is 50.6 Å². The van der Waals surface area contributed by atoms with Gasteiger partial charge in [0.1, 0.15) is 40.9 Å². The minimum Gasteiger partial charge on any atom is -0.489 e. The molecule has 2 aliphatic carbocycles. The number of hydrogen-bond acceptors (Lipinski definition) is 11. The zero-order chi connectivity index (χ0) is 53.3. The van der Waals surface area contributed by atoms with Gasteiger partial charge >= 0.3 is 6.09 Å². The highest BCUT2D eigenvalue weighted by atomic mass is 35.5. The van der Waals surface area contributed by atoms with E-state index in [-0.39, 0.29) is 76.3 Å². The van der Waals surface area contributed by atoms with E-state index >= 15 is 0 Å². The second-order valence-electron chi connectivity index (χ2n) is 22.5. The van der Waals surface area contributed by atoms with Gasteiger partial charge in [0, 0.05) is 98.5 Å². The average Bonchev–Trinajstić information content (AvgIpc) is 3.35. The van der Waals surface area contributed by atoms with Crippen molar-refractivity contribution in [2.75, 3.05) is 62.2 Å². The van der Waals surface area contributed by atoms with Crippen LogP contribution in [0.5, 0.6) is 11.5 Å². The molecule has 8 rings (SSSR count). The highest BCUT2D eigenvalue weighted by molar-refractivity contribution is 6.33. The number of amides is 3. The van der Waals surface area contributed by atoms with Gasteiger partial charge in [-0.1, -0.05) is 90.7 Å². The van der Waals surface area contributed by atoms with Crippen molar-refractivity contribution in [1.82, 2.24) is 30.8 Å². The zero-order valence-electron chi connectivity index (χ0n) is 44.1. The molecule has 0 unspecified atom stereocenters. The van der Waals surface area contributed by atoms with Gasteiger partial charge in [-0.05, 0) is 69.3 Å². The lowest BCUT2D eigenvalue weighted by Crippen LogP contribution is -2.74. The Balaban J connectivity index is 0.000000242. The van der Waals surface area contributed by atoms with Gasteiger partial charge in [0.25, 0.3) is 11.8 Å². The summed E-state index contributed by atoms with van der Waals surface area (Å²) in [5.74, 6) is 2.55. The lowest BCUT2D eigenvalue weighted by molar-refractivity contribution is -0.164. The molecule has 19 heteroatoms. The van der Waals surface area contributed by atoms with E-state index in [1.165, 1.54) is 0 Å². The maximum absolute atomic E-state index is 13.2. The number of nitrogens with zero attached hydrogens (tertiary/aromatic N) is 7.